The Labute approximate surface area is 105 Å². The number of rotatable bonds is 4. The van der Waals surface area contributed by atoms with Gasteiger partial charge in [-0.3, -0.25) is 0 Å². The molecule has 0 N–H and O–H groups in total. The second-order valence-electron chi connectivity index (χ2n) is 3.48. The standard InChI is InChI=1S/C14H11N3O/c15-9-13-10-17-14(11-16-13)18-8-4-7-12-5-2-1-3-6-12/h1-7,10-11H,8H2. The van der Waals surface area contributed by atoms with Gasteiger partial charge in [-0.05, 0) is 11.6 Å². The van der Waals surface area contributed by atoms with E-state index in [0.29, 0.717) is 12.5 Å². The zero-order valence-electron chi connectivity index (χ0n) is 9.65. The van der Waals surface area contributed by atoms with Crippen LogP contribution in [0.25, 0.3) is 6.08 Å². The Bertz CT molecular complexity index is 556. The number of hydrogen-bond acceptors (Lipinski definition) is 4. The molecular weight excluding hydrogens is 226 g/mol. The van der Waals surface area contributed by atoms with Crippen LogP contribution in [0.4, 0.5) is 0 Å². The predicted molar refractivity (Wildman–Crippen MR) is 67.7 cm³/mol. The van der Waals surface area contributed by atoms with Crippen LogP contribution in [0, 0.1) is 11.3 Å². The molecule has 4 nitrogen and oxygen atoms in total. The average molecular weight is 237 g/mol. The Balaban J connectivity index is 1.85. The van der Waals surface area contributed by atoms with Gasteiger partial charge in [0, 0.05) is 0 Å². The van der Waals surface area contributed by atoms with Gasteiger partial charge in [0.1, 0.15) is 12.7 Å². The van der Waals surface area contributed by atoms with Gasteiger partial charge in [0.15, 0.2) is 5.69 Å². The molecule has 88 valence electrons. The van der Waals surface area contributed by atoms with Crippen molar-refractivity contribution < 1.29 is 4.74 Å². The second kappa shape index (κ2) is 6.16. The van der Waals surface area contributed by atoms with Crippen LogP contribution in [0.5, 0.6) is 5.88 Å². The van der Waals surface area contributed by atoms with Crippen molar-refractivity contribution >= 4 is 6.08 Å². The second-order valence-corrected chi connectivity index (χ2v) is 3.48. The number of hydrogen-bond donors (Lipinski definition) is 0. The van der Waals surface area contributed by atoms with Gasteiger partial charge in [-0.1, -0.05) is 36.4 Å². The fourth-order valence-electron chi connectivity index (χ4n) is 1.33. The molecule has 1 aromatic heterocycles. The molecule has 0 saturated carbocycles. The zero-order chi connectivity index (χ0) is 12.6. The van der Waals surface area contributed by atoms with Crippen LogP contribution in [0.2, 0.25) is 0 Å². The molecule has 2 aromatic rings. The Morgan fingerprint density at radius 2 is 2.00 bits per heavy atom. The molecule has 0 aliphatic heterocycles. The number of benzene rings is 1. The van der Waals surface area contributed by atoms with E-state index in [0.717, 1.165) is 5.56 Å². The summed E-state index contributed by atoms with van der Waals surface area (Å²) in [6.07, 6.45) is 6.69. The minimum absolute atomic E-state index is 0.280. The summed E-state index contributed by atoms with van der Waals surface area (Å²) in [4.78, 5) is 7.81. The first-order chi connectivity index (χ1) is 8.88. The third-order valence-corrected chi connectivity index (χ3v) is 2.18. The highest BCUT2D eigenvalue weighted by atomic mass is 16.5. The summed E-state index contributed by atoms with van der Waals surface area (Å²) in [6, 6.07) is 11.9. The molecule has 18 heavy (non-hydrogen) atoms. The third-order valence-electron chi connectivity index (χ3n) is 2.18. The zero-order valence-corrected chi connectivity index (χ0v) is 9.65. The highest BCUT2D eigenvalue weighted by molar-refractivity contribution is 5.48. The molecule has 0 unspecified atom stereocenters. The minimum Gasteiger partial charge on any atom is -0.472 e. The molecule has 0 aliphatic rings. The molecule has 0 radical (unpaired) electrons. The first-order valence-electron chi connectivity index (χ1n) is 5.45. The normalized spacial score (nSPS) is 10.2. The van der Waals surface area contributed by atoms with Crippen LogP contribution in [-0.2, 0) is 0 Å². The van der Waals surface area contributed by atoms with Gasteiger partial charge < -0.3 is 4.74 Å². The summed E-state index contributed by atoms with van der Waals surface area (Å²) in [5.74, 6) is 0.409. The first-order valence-corrected chi connectivity index (χ1v) is 5.45. The van der Waals surface area contributed by atoms with E-state index in [2.05, 4.69) is 9.97 Å². The summed E-state index contributed by atoms with van der Waals surface area (Å²) in [7, 11) is 0. The van der Waals surface area contributed by atoms with Gasteiger partial charge >= 0.3 is 0 Å². The lowest BCUT2D eigenvalue weighted by Gasteiger charge is -2.00. The summed E-state index contributed by atoms with van der Waals surface area (Å²) >= 11 is 0. The summed E-state index contributed by atoms with van der Waals surface area (Å²) in [5.41, 5.74) is 1.40. The van der Waals surface area contributed by atoms with Crippen molar-refractivity contribution in [2.45, 2.75) is 0 Å². The topological polar surface area (TPSA) is 58.8 Å². The lowest BCUT2D eigenvalue weighted by Crippen LogP contribution is -1.97. The van der Waals surface area contributed by atoms with Crippen LogP contribution in [0.15, 0.2) is 48.8 Å². The van der Waals surface area contributed by atoms with E-state index in [1.807, 2.05) is 48.6 Å². The van der Waals surface area contributed by atoms with Crippen molar-refractivity contribution in [1.29, 1.82) is 5.26 Å². The number of ether oxygens (including phenoxy) is 1. The predicted octanol–water partition coefficient (Wildman–Crippen LogP) is 2.44. The maximum Gasteiger partial charge on any atom is 0.232 e. The molecule has 0 aliphatic carbocycles. The third kappa shape index (κ3) is 3.42. The van der Waals surface area contributed by atoms with E-state index in [1.54, 1.807) is 0 Å². The van der Waals surface area contributed by atoms with E-state index in [1.165, 1.54) is 12.4 Å². The van der Waals surface area contributed by atoms with Crippen LogP contribution in [0.3, 0.4) is 0 Å². The van der Waals surface area contributed by atoms with Gasteiger partial charge in [-0.25, -0.2) is 9.97 Å². The Hall–Kier alpha value is -2.67. The Kier molecular flexibility index (Phi) is 4.04. The maximum absolute atomic E-state index is 8.56. The van der Waals surface area contributed by atoms with Crippen LogP contribution in [0.1, 0.15) is 11.3 Å². The molecule has 2 rings (SSSR count). The highest BCUT2D eigenvalue weighted by Crippen LogP contribution is 2.04. The number of aromatic nitrogens is 2. The van der Waals surface area contributed by atoms with Crippen molar-refractivity contribution in [2.24, 2.45) is 0 Å². The van der Waals surface area contributed by atoms with E-state index in [4.69, 9.17) is 10.00 Å². The molecule has 0 fully saturated rings. The van der Waals surface area contributed by atoms with E-state index < -0.39 is 0 Å². The van der Waals surface area contributed by atoms with Crippen molar-refractivity contribution in [2.75, 3.05) is 6.61 Å². The minimum atomic E-state index is 0.280. The Morgan fingerprint density at radius 3 is 2.67 bits per heavy atom. The van der Waals surface area contributed by atoms with E-state index in [9.17, 15) is 0 Å². The summed E-state index contributed by atoms with van der Waals surface area (Å²) in [5, 5.41) is 8.56. The van der Waals surface area contributed by atoms with Gasteiger partial charge in [0.05, 0.1) is 12.4 Å². The van der Waals surface area contributed by atoms with Crippen LogP contribution in [-0.4, -0.2) is 16.6 Å². The van der Waals surface area contributed by atoms with Crippen molar-refractivity contribution in [3.8, 4) is 11.9 Å². The van der Waals surface area contributed by atoms with Crippen LogP contribution < -0.4 is 4.74 Å². The Morgan fingerprint density at radius 1 is 1.17 bits per heavy atom. The fraction of sp³-hybridized carbons (Fsp3) is 0.0714. The summed E-state index contributed by atoms with van der Waals surface area (Å²) in [6.45, 7) is 0.412. The first kappa shape index (κ1) is 11.8. The number of nitrogens with zero attached hydrogens (tertiary/aromatic N) is 3. The van der Waals surface area contributed by atoms with Gasteiger partial charge in [0.25, 0.3) is 0 Å². The smallest absolute Gasteiger partial charge is 0.232 e. The summed E-state index contributed by atoms with van der Waals surface area (Å²) < 4.78 is 5.36. The maximum atomic E-state index is 8.56. The molecular formula is C14H11N3O. The quantitative estimate of drug-likeness (QED) is 0.819. The largest absolute Gasteiger partial charge is 0.472 e. The molecule has 4 heteroatoms. The molecule has 1 aromatic carbocycles. The lowest BCUT2D eigenvalue weighted by molar-refractivity contribution is 0.347. The number of nitriles is 1. The lowest BCUT2D eigenvalue weighted by atomic mass is 10.2. The average Bonchev–Trinajstić information content (AvgIpc) is 2.45. The molecule has 0 saturated heterocycles. The monoisotopic (exact) mass is 237 g/mol. The molecule has 0 atom stereocenters. The molecule has 0 spiro atoms. The van der Waals surface area contributed by atoms with E-state index >= 15 is 0 Å². The van der Waals surface area contributed by atoms with Crippen molar-refractivity contribution in [1.82, 2.24) is 9.97 Å². The van der Waals surface area contributed by atoms with Crippen LogP contribution >= 0.6 is 0 Å². The fourth-order valence-corrected chi connectivity index (χ4v) is 1.33. The van der Waals surface area contributed by atoms with Gasteiger partial charge in [0.2, 0.25) is 5.88 Å². The molecule has 0 bridgehead atoms. The molecule has 0 amide bonds. The van der Waals surface area contributed by atoms with Crippen molar-refractivity contribution in [3.63, 3.8) is 0 Å². The van der Waals surface area contributed by atoms with E-state index in [-0.39, 0.29) is 5.69 Å². The SMILES string of the molecule is N#Cc1cnc(OCC=Cc2ccccc2)cn1. The van der Waals surface area contributed by atoms with Gasteiger partial charge in [-0.2, -0.15) is 5.26 Å². The van der Waals surface area contributed by atoms with Crippen molar-refractivity contribution in [3.05, 3.63) is 60.1 Å². The highest BCUT2D eigenvalue weighted by Gasteiger charge is 1.95. The van der Waals surface area contributed by atoms with Gasteiger partial charge in [-0.15, -0.1) is 0 Å². The molecule has 1 heterocycles.